The van der Waals surface area contributed by atoms with Crippen molar-refractivity contribution in [3.63, 3.8) is 0 Å². The molecule has 0 radical (unpaired) electrons. The van der Waals surface area contributed by atoms with Crippen LogP contribution in [0.25, 0.3) is 21.7 Å². The van der Waals surface area contributed by atoms with Gasteiger partial charge >= 0.3 is 0 Å². The minimum atomic E-state index is 0.398. The standard InChI is InChI=1S/C16H17N3OS2/c1-8(2)11-7-22-16(17-11)14-18-13-9(3)12(20-4)6-5-10(13)15(21)19-14/h5-8H,1-4H3,(H,18,19,21). The number of benzene rings is 1. The Hall–Kier alpha value is -1.79. The van der Waals surface area contributed by atoms with Gasteiger partial charge < -0.3 is 9.72 Å². The highest BCUT2D eigenvalue weighted by molar-refractivity contribution is 7.71. The van der Waals surface area contributed by atoms with Crippen molar-refractivity contribution in [2.45, 2.75) is 26.7 Å². The molecule has 0 aliphatic rings. The maximum absolute atomic E-state index is 5.44. The number of aromatic nitrogens is 3. The number of rotatable bonds is 3. The molecule has 0 saturated heterocycles. The van der Waals surface area contributed by atoms with E-state index in [-0.39, 0.29) is 0 Å². The van der Waals surface area contributed by atoms with E-state index in [1.54, 1.807) is 18.4 Å². The number of H-pyrrole nitrogens is 1. The number of nitrogens with zero attached hydrogens (tertiary/aromatic N) is 2. The second-order valence-corrected chi connectivity index (χ2v) is 6.68. The number of aromatic amines is 1. The smallest absolute Gasteiger partial charge is 0.168 e. The SMILES string of the molecule is COc1ccc2c(=S)nc(-c3nc(C(C)C)cs3)[nH]c2c1C. The van der Waals surface area contributed by atoms with Gasteiger partial charge in [-0.3, -0.25) is 0 Å². The molecular weight excluding hydrogens is 314 g/mol. The summed E-state index contributed by atoms with van der Waals surface area (Å²) in [4.78, 5) is 12.5. The summed E-state index contributed by atoms with van der Waals surface area (Å²) >= 11 is 7.03. The molecule has 1 N–H and O–H groups in total. The molecule has 0 amide bonds. The quantitative estimate of drug-likeness (QED) is 0.697. The molecule has 114 valence electrons. The van der Waals surface area contributed by atoms with Crippen molar-refractivity contribution < 1.29 is 4.74 Å². The monoisotopic (exact) mass is 331 g/mol. The molecule has 4 nitrogen and oxygen atoms in total. The summed E-state index contributed by atoms with van der Waals surface area (Å²) in [7, 11) is 1.67. The van der Waals surface area contributed by atoms with E-state index in [9.17, 15) is 0 Å². The first-order chi connectivity index (χ1) is 10.5. The average Bonchev–Trinajstić information content (AvgIpc) is 2.98. The van der Waals surface area contributed by atoms with Gasteiger partial charge in [0.1, 0.15) is 10.4 Å². The van der Waals surface area contributed by atoms with Crippen LogP contribution in [0.4, 0.5) is 0 Å². The first kappa shape index (κ1) is 15.1. The number of hydrogen-bond donors (Lipinski definition) is 1. The predicted molar refractivity (Wildman–Crippen MR) is 93.4 cm³/mol. The molecule has 22 heavy (non-hydrogen) atoms. The Morgan fingerprint density at radius 3 is 2.68 bits per heavy atom. The van der Waals surface area contributed by atoms with Crippen molar-refractivity contribution in [1.82, 2.24) is 15.0 Å². The second-order valence-electron chi connectivity index (χ2n) is 5.44. The molecule has 0 aliphatic heterocycles. The lowest BCUT2D eigenvalue weighted by Crippen LogP contribution is -1.96. The molecule has 3 rings (SSSR count). The third kappa shape index (κ3) is 2.53. The summed E-state index contributed by atoms with van der Waals surface area (Å²) in [6.07, 6.45) is 0. The number of aryl methyl sites for hydroxylation is 1. The number of fused-ring (bicyclic) bond motifs is 1. The third-order valence-corrected chi connectivity index (χ3v) is 4.82. The van der Waals surface area contributed by atoms with Gasteiger partial charge in [0.25, 0.3) is 0 Å². The molecule has 0 unspecified atom stereocenters. The van der Waals surface area contributed by atoms with Crippen LogP contribution in [0.3, 0.4) is 0 Å². The maximum atomic E-state index is 5.44. The highest BCUT2D eigenvalue weighted by Crippen LogP contribution is 2.29. The number of methoxy groups -OCH3 is 1. The van der Waals surface area contributed by atoms with Crippen LogP contribution in [-0.4, -0.2) is 22.1 Å². The molecule has 0 saturated carbocycles. The lowest BCUT2D eigenvalue weighted by Gasteiger charge is -2.09. The van der Waals surface area contributed by atoms with Crippen LogP contribution in [0.5, 0.6) is 5.75 Å². The van der Waals surface area contributed by atoms with Gasteiger partial charge in [0.05, 0.1) is 18.3 Å². The highest BCUT2D eigenvalue weighted by atomic mass is 32.1. The van der Waals surface area contributed by atoms with Crippen molar-refractivity contribution in [2.75, 3.05) is 7.11 Å². The van der Waals surface area contributed by atoms with Gasteiger partial charge in [0.2, 0.25) is 0 Å². The van der Waals surface area contributed by atoms with Crippen molar-refractivity contribution in [1.29, 1.82) is 0 Å². The van der Waals surface area contributed by atoms with E-state index in [4.69, 9.17) is 17.0 Å². The fraction of sp³-hybridized carbons (Fsp3) is 0.312. The first-order valence-corrected chi connectivity index (χ1v) is 8.33. The van der Waals surface area contributed by atoms with Crippen molar-refractivity contribution >= 4 is 34.5 Å². The van der Waals surface area contributed by atoms with E-state index >= 15 is 0 Å². The highest BCUT2D eigenvalue weighted by Gasteiger charge is 2.12. The van der Waals surface area contributed by atoms with Crippen molar-refractivity contribution in [3.8, 4) is 16.6 Å². The fourth-order valence-corrected chi connectivity index (χ4v) is 3.51. The zero-order valence-electron chi connectivity index (χ0n) is 12.9. The van der Waals surface area contributed by atoms with Gasteiger partial charge in [-0.1, -0.05) is 26.1 Å². The van der Waals surface area contributed by atoms with Crippen molar-refractivity contribution in [2.24, 2.45) is 0 Å². The number of hydrogen-bond acceptors (Lipinski definition) is 5. The summed E-state index contributed by atoms with van der Waals surface area (Å²) < 4.78 is 5.97. The second kappa shape index (κ2) is 5.78. The van der Waals surface area contributed by atoms with Crippen LogP contribution >= 0.6 is 23.6 Å². The molecular formula is C16H17N3OS2. The van der Waals surface area contributed by atoms with E-state index in [0.29, 0.717) is 16.4 Å². The third-order valence-electron chi connectivity index (χ3n) is 3.64. The zero-order valence-corrected chi connectivity index (χ0v) is 14.6. The average molecular weight is 331 g/mol. The lowest BCUT2D eigenvalue weighted by atomic mass is 10.1. The van der Waals surface area contributed by atoms with E-state index in [0.717, 1.165) is 32.9 Å². The molecule has 0 atom stereocenters. The van der Waals surface area contributed by atoms with E-state index in [2.05, 4.69) is 34.2 Å². The van der Waals surface area contributed by atoms with Gasteiger partial charge in [-0.2, -0.15) is 0 Å². The molecule has 0 bridgehead atoms. The van der Waals surface area contributed by atoms with Crippen LogP contribution in [-0.2, 0) is 0 Å². The first-order valence-electron chi connectivity index (χ1n) is 7.04. The summed E-state index contributed by atoms with van der Waals surface area (Å²) in [5.74, 6) is 1.94. The summed E-state index contributed by atoms with van der Waals surface area (Å²) in [5.41, 5.74) is 3.05. The number of ether oxygens (including phenoxy) is 1. The molecule has 2 aromatic heterocycles. The molecule has 6 heteroatoms. The zero-order chi connectivity index (χ0) is 15.9. The minimum absolute atomic E-state index is 0.398. The Kier molecular flexibility index (Phi) is 3.97. The van der Waals surface area contributed by atoms with Gasteiger partial charge in [0.15, 0.2) is 10.8 Å². The molecule has 0 spiro atoms. The lowest BCUT2D eigenvalue weighted by molar-refractivity contribution is 0.412. The van der Waals surface area contributed by atoms with Gasteiger partial charge in [-0.25, -0.2) is 9.97 Å². The Morgan fingerprint density at radius 1 is 1.27 bits per heavy atom. The number of nitrogens with one attached hydrogen (secondary N) is 1. The van der Waals surface area contributed by atoms with Gasteiger partial charge in [-0.15, -0.1) is 11.3 Å². The van der Waals surface area contributed by atoms with Crippen LogP contribution < -0.4 is 4.74 Å². The summed E-state index contributed by atoms with van der Waals surface area (Å²) in [6, 6.07) is 3.86. The van der Waals surface area contributed by atoms with Crippen molar-refractivity contribution in [3.05, 3.63) is 33.4 Å². The van der Waals surface area contributed by atoms with Gasteiger partial charge in [0, 0.05) is 16.3 Å². The molecule has 0 aliphatic carbocycles. The van der Waals surface area contributed by atoms with E-state index in [1.807, 2.05) is 19.1 Å². The Labute approximate surface area is 138 Å². The molecule has 0 fully saturated rings. The van der Waals surface area contributed by atoms with Crippen LogP contribution in [0.2, 0.25) is 0 Å². The predicted octanol–water partition coefficient (Wildman–Crippen LogP) is 4.86. The van der Waals surface area contributed by atoms with E-state index < -0.39 is 0 Å². The van der Waals surface area contributed by atoms with Crippen LogP contribution in [0.1, 0.15) is 31.0 Å². The summed E-state index contributed by atoms with van der Waals surface area (Å²) in [6.45, 7) is 6.27. The molecule has 3 aromatic rings. The largest absolute Gasteiger partial charge is 0.496 e. The Bertz CT molecular complexity index is 896. The number of thiazole rings is 1. The normalized spacial score (nSPS) is 11.3. The van der Waals surface area contributed by atoms with E-state index in [1.165, 1.54) is 0 Å². The van der Waals surface area contributed by atoms with Gasteiger partial charge in [-0.05, 0) is 25.0 Å². The Balaban J connectivity index is 2.22. The maximum Gasteiger partial charge on any atom is 0.168 e. The topological polar surface area (TPSA) is 50.8 Å². The van der Waals surface area contributed by atoms with Crippen LogP contribution in [0.15, 0.2) is 17.5 Å². The molecule has 2 heterocycles. The van der Waals surface area contributed by atoms with Crippen LogP contribution in [0, 0.1) is 11.6 Å². The fourth-order valence-electron chi connectivity index (χ4n) is 2.32. The molecule has 1 aromatic carbocycles. The minimum Gasteiger partial charge on any atom is -0.496 e. The summed E-state index contributed by atoms with van der Waals surface area (Å²) in [5, 5.41) is 3.86. The Morgan fingerprint density at radius 2 is 2.05 bits per heavy atom.